The molecule has 0 saturated heterocycles. The van der Waals surface area contributed by atoms with E-state index < -0.39 is 0 Å². The lowest BCUT2D eigenvalue weighted by Gasteiger charge is -2.14. The van der Waals surface area contributed by atoms with Crippen LogP contribution in [-0.4, -0.2) is 34.9 Å². The minimum atomic E-state index is -0.203. The topological polar surface area (TPSA) is 71.1 Å². The number of nitroso groups, excluding NO2 is 1. The highest BCUT2D eigenvalue weighted by Crippen LogP contribution is 2.33. The Balaban J connectivity index is 2.33. The predicted octanol–water partition coefficient (Wildman–Crippen LogP) is 4.65. The summed E-state index contributed by atoms with van der Waals surface area (Å²) >= 11 is 18.7. The Bertz CT molecular complexity index is 907. The van der Waals surface area contributed by atoms with Crippen LogP contribution in [0.3, 0.4) is 0 Å². The Morgan fingerprint density at radius 3 is 2.52 bits per heavy atom. The molecule has 1 aliphatic heterocycles. The number of halogens is 3. The number of amidine groups is 1. The summed E-state index contributed by atoms with van der Waals surface area (Å²) in [7, 11) is 1.42. The highest BCUT2D eigenvalue weighted by Gasteiger charge is 2.29. The maximum atomic E-state index is 12.9. The summed E-state index contributed by atoms with van der Waals surface area (Å²) in [5.41, 5.74) is 1.53. The number of rotatable bonds is 2. The van der Waals surface area contributed by atoms with Gasteiger partial charge in [0.05, 0.1) is 32.1 Å². The standard InChI is InChI=1S/C16H11Cl3N4O2/c1-22(21-24)14-8-23(25)16(15-11(18)3-2-4-12(15)19)10-7-9(17)5-6-13(10)20-14/h2-7H,8H2,1H3. The highest BCUT2D eigenvalue weighted by molar-refractivity contribution is 6.41. The van der Waals surface area contributed by atoms with Crippen LogP contribution in [-0.2, 0) is 0 Å². The Morgan fingerprint density at radius 2 is 1.88 bits per heavy atom. The molecule has 128 valence electrons. The maximum absolute atomic E-state index is 12.9. The van der Waals surface area contributed by atoms with E-state index in [2.05, 4.69) is 10.3 Å². The molecule has 1 heterocycles. The third kappa shape index (κ3) is 3.33. The molecule has 25 heavy (non-hydrogen) atoms. The Kier molecular flexibility index (Phi) is 4.94. The van der Waals surface area contributed by atoms with E-state index in [9.17, 15) is 10.1 Å². The summed E-state index contributed by atoms with van der Waals surface area (Å²) in [4.78, 5) is 15.2. The van der Waals surface area contributed by atoms with E-state index >= 15 is 0 Å². The van der Waals surface area contributed by atoms with Gasteiger partial charge in [-0.2, -0.15) is 4.74 Å². The van der Waals surface area contributed by atoms with Gasteiger partial charge in [-0.3, -0.25) is 0 Å². The third-order valence-electron chi connectivity index (χ3n) is 3.69. The van der Waals surface area contributed by atoms with Gasteiger partial charge < -0.3 is 5.21 Å². The largest absolute Gasteiger partial charge is 0.623 e. The Labute approximate surface area is 158 Å². The molecule has 0 aliphatic carbocycles. The van der Waals surface area contributed by atoms with Gasteiger partial charge in [-0.05, 0) is 30.3 Å². The third-order valence-corrected chi connectivity index (χ3v) is 4.56. The lowest BCUT2D eigenvalue weighted by molar-refractivity contribution is -0.440. The molecule has 6 nitrogen and oxygen atoms in total. The quantitative estimate of drug-likeness (QED) is 0.320. The molecule has 0 N–H and O–H groups in total. The average molecular weight is 398 g/mol. The molecule has 0 aromatic heterocycles. The predicted molar refractivity (Wildman–Crippen MR) is 100 cm³/mol. The van der Waals surface area contributed by atoms with Crippen LogP contribution in [0.2, 0.25) is 15.1 Å². The van der Waals surface area contributed by atoms with Crippen molar-refractivity contribution in [1.82, 2.24) is 5.01 Å². The summed E-state index contributed by atoms with van der Waals surface area (Å²) in [6.07, 6.45) is 0. The first-order valence-corrected chi connectivity index (χ1v) is 8.26. The van der Waals surface area contributed by atoms with Crippen molar-refractivity contribution in [3.05, 3.63) is 72.7 Å². The molecule has 0 radical (unpaired) electrons. The van der Waals surface area contributed by atoms with Crippen molar-refractivity contribution in [1.29, 1.82) is 0 Å². The minimum absolute atomic E-state index is 0.187. The molecular weight excluding hydrogens is 387 g/mol. The fourth-order valence-electron chi connectivity index (χ4n) is 2.52. The Morgan fingerprint density at radius 1 is 1.20 bits per heavy atom. The number of likely N-dealkylation sites (N-methyl/N-ethyl adjacent to an activating group) is 1. The molecule has 2 aromatic carbocycles. The van der Waals surface area contributed by atoms with E-state index in [-0.39, 0.29) is 18.1 Å². The van der Waals surface area contributed by atoms with Gasteiger partial charge in [-0.15, -0.1) is 4.91 Å². The summed E-state index contributed by atoms with van der Waals surface area (Å²) < 4.78 is 0.676. The van der Waals surface area contributed by atoms with Crippen LogP contribution in [0.5, 0.6) is 0 Å². The zero-order valence-electron chi connectivity index (χ0n) is 12.9. The van der Waals surface area contributed by atoms with Gasteiger partial charge in [-0.25, -0.2) is 10.0 Å². The van der Waals surface area contributed by atoms with Crippen molar-refractivity contribution >= 4 is 52.0 Å². The molecule has 0 bridgehead atoms. The monoisotopic (exact) mass is 396 g/mol. The smallest absolute Gasteiger partial charge is 0.231 e. The van der Waals surface area contributed by atoms with Crippen molar-refractivity contribution in [2.45, 2.75) is 0 Å². The van der Waals surface area contributed by atoms with Crippen LogP contribution in [0.25, 0.3) is 0 Å². The summed E-state index contributed by atoms with van der Waals surface area (Å²) in [5, 5.41) is 17.8. The van der Waals surface area contributed by atoms with Crippen molar-refractivity contribution < 1.29 is 4.74 Å². The van der Waals surface area contributed by atoms with Crippen molar-refractivity contribution in [2.75, 3.05) is 13.6 Å². The highest BCUT2D eigenvalue weighted by atomic mass is 35.5. The molecule has 3 rings (SSSR count). The SMILES string of the molecule is CN(N=O)C1=Nc2ccc(Cl)cc2C(c2c(Cl)cccc2Cl)=[N+]([O-])C1. The summed E-state index contributed by atoms with van der Waals surface area (Å²) in [6, 6.07) is 9.87. The van der Waals surface area contributed by atoms with Gasteiger partial charge >= 0.3 is 0 Å². The van der Waals surface area contributed by atoms with Gasteiger partial charge in [-0.1, -0.05) is 40.9 Å². The zero-order chi connectivity index (χ0) is 18.1. The van der Waals surface area contributed by atoms with Crippen LogP contribution in [0, 0.1) is 10.1 Å². The normalized spacial score (nSPS) is 13.8. The van der Waals surface area contributed by atoms with E-state index in [1.165, 1.54) is 7.05 Å². The molecule has 0 unspecified atom stereocenters. The van der Waals surface area contributed by atoms with Crippen molar-refractivity contribution in [3.63, 3.8) is 0 Å². The van der Waals surface area contributed by atoms with Gasteiger partial charge in [0.25, 0.3) is 0 Å². The van der Waals surface area contributed by atoms with Gasteiger partial charge in [0.15, 0.2) is 5.84 Å². The second-order valence-corrected chi connectivity index (χ2v) is 6.53. The summed E-state index contributed by atoms with van der Waals surface area (Å²) in [6.45, 7) is -0.203. The number of nitrogens with zero attached hydrogens (tertiary/aromatic N) is 4. The second kappa shape index (κ2) is 7.00. The second-order valence-electron chi connectivity index (χ2n) is 5.28. The molecule has 0 atom stereocenters. The average Bonchev–Trinajstić information content (AvgIpc) is 2.71. The lowest BCUT2D eigenvalue weighted by atomic mass is 10.0. The number of hydroxylamine groups is 1. The van der Waals surface area contributed by atoms with Gasteiger partial charge in [0.2, 0.25) is 12.3 Å². The fourth-order valence-corrected chi connectivity index (χ4v) is 3.27. The number of aliphatic imine (C=N–C) groups is 1. The molecule has 2 aromatic rings. The number of hydrogen-bond acceptors (Lipinski definition) is 4. The summed E-state index contributed by atoms with van der Waals surface area (Å²) in [5.74, 6) is 0.187. The maximum Gasteiger partial charge on any atom is 0.231 e. The van der Waals surface area contributed by atoms with Crippen LogP contribution < -0.4 is 0 Å². The lowest BCUT2D eigenvalue weighted by Crippen LogP contribution is -2.30. The first kappa shape index (κ1) is 17.7. The van der Waals surface area contributed by atoms with Gasteiger partial charge in [0.1, 0.15) is 0 Å². The van der Waals surface area contributed by atoms with Crippen LogP contribution >= 0.6 is 34.8 Å². The van der Waals surface area contributed by atoms with Crippen molar-refractivity contribution in [3.8, 4) is 0 Å². The number of benzene rings is 2. The van der Waals surface area contributed by atoms with Crippen LogP contribution in [0.1, 0.15) is 11.1 Å². The van der Waals surface area contributed by atoms with E-state index in [4.69, 9.17) is 34.8 Å². The molecule has 0 fully saturated rings. The molecular formula is C16H11Cl3N4O2. The molecule has 1 aliphatic rings. The number of fused-ring (bicyclic) bond motifs is 1. The van der Waals surface area contributed by atoms with Gasteiger partial charge in [0, 0.05) is 12.1 Å². The van der Waals surface area contributed by atoms with Crippen LogP contribution in [0.15, 0.2) is 46.7 Å². The first-order chi connectivity index (χ1) is 11.9. The molecule has 0 spiro atoms. The molecule has 0 amide bonds. The zero-order valence-corrected chi connectivity index (χ0v) is 15.2. The fraction of sp³-hybridized carbons (Fsp3) is 0.125. The molecule has 0 saturated carbocycles. The van der Waals surface area contributed by atoms with E-state index in [0.29, 0.717) is 36.6 Å². The molecule has 9 heteroatoms. The Hall–Kier alpha value is -2.15. The van der Waals surface area contributed by atoms with E-state index in [1.807, 2.05) is 0 Å². The van der Waals surface area contributed by atoms with E-state index in [1.54, 1.807) is 36.4 Å². The number of hydrogen-bond donors (Lipinski definition) is 0. The first-order valence-electron chi connectivity index (χ1n) is 7.13. The van der Waals surface area contributed by atoms with Crippen LogP contribution in [0.4, 0.5) is 5.69 Å². The van der Waals surface area contributed by atoms with Crippen molar-refractivity contribution in [2.24, 2.45) is 10.3 Å². The minimum Gasteiger partial charge on any atom is -0.623 e. The van der Waals surface area contributed by atoms with E-state index in [0.717, 1.165) is 5.01 Å².